The molecule has 1 aromatic heterocycles. The van der Waals surface area contributed by atoms with E-state index >= 15 is 14.4 Å². The number of benzene rings is 3. The Labute approximate surface area is 553 Å². The largest absolute Gasteiger partial charge is 0.444 e. The van der Waals surface area contributed by atoms with Crippen LogP contribution in [-0.4, -0.2) is 188 Å². The maximum Gasteiger partial charge on any atom is 0.407 e. The van der Waals surface area contributed by atoms with Gasteiger partial charge >= 0.3 is 6.09 Å². The average Bonchev–Trinajstić information content (AvgIpc) is 1.69. The minimum Gasteiger partial charge on any atom is -0.444 e. The number of nitrogens with one attached hydrogen (secondary N) is 10. The first-order chi connectivity index (χ1) is 44.9. The van der Waals surface area contributed by atoms with Gasteiger partial charge in [0.1, 0.15) is 47.9 Å². The molecule has 2 fully saturated rings. The van der Waals surface area contributed by atoms with Crippen molar-refractivity contribution in [2.45, 2.75) is 165 Å². The number of alkyl carbamates (subject to hydrolysis) is 1. The molecule has 13 N–H and O–H groups in total. The molecule has 94 heavy (non-hydrogen) atoms. The van der Waals surface area contributed by atoms with Crippen LogP contribution in [-0.2, 0) is 71.9 Å². The van der Waals surface area contributed by atoms with Crippen molar-refractivity contribution in [1.29, 1.82) is 0 Å². The number of carbonyl (C=O) groups is 11. The number of imide groups is 1. The number of aliphatic hydroxyl groups excluding tert-OH is 3. The summed E-state index contributed by atoms with van der Waals surface area (Å²) in [7, 11) is 1.93. The van der Waals surface area contributed by atoms with Crippen LogP contribution in [0.1, 0.15) is 96.3 Å². The number of amides is 11. The molecule has 26 nitrogen and oxygen atoms in total. The second-order valence-corrected chi connectivity index (χ2v) is 27.5. The van der Waals surface area contributed by atoms with E-state index < -0.39 is 144 Å². The van der Waals surface area contributed by atoms with Gasteiger partial charge < -0.3 is 72.9 Å². The summed E-state index contributed by atoms with van der Waals surface area (Å²) in [6, 6.07) is 13.1. The molecule has 2 aliphatic heterocycles. The number of hydrogen-bond acceptors (Lipinski definition) is 17. The lowest BCUT2D eigenvalue weighted by Crippen LogP contribution is -2.62. The Morgan fingerprint density at radius 1 is 0.670 bits per heavy atom. The molecule has 0 unspecified atom stereocenters. The molecule has 1 saturated carbocycles. The molecule has 10 atom stereocenters. The molecule has 0 radical (unpaired) electrons. The van der Waals surface area contributed by atoms with Gasteiger partial charge in [-0.25, -0.2) is 4.79 Å². The molecule has 28 heteroatoms. The molecule has 0 spiro atoms. The van der Waals surface area contributed by atoms with Gasteiger partial charge in [0.15, 0.2) is 0 Å². The molecule has 4 aromatic rings. The summed E-state index contributed by atoms with van der Waals surface area (Å²) in [5.41, 5.74) is 1.76. The number of carbonyl (C=O) groups excluding carboxylic acids is 11. The molecular weight excluding hydrogens is 1250 g/mol. The fraction of sp³-hybridized carbons (Fsp3) is 0.500. The van der Waals surface area contributed by atoms with E-state index in [2.05, 4.69) is 52.8 Å². The summed E-state index contributed by atoms with van der Waals surface area (Å²) in [6.07, 6.45) is 2.41. The zero-order valence-electron chi connectivity index (χ0n) is 53.4. The van der Waals surface area contributed by atoms with Gasteiger partial charge in [0, 0.05) is 79.0 Å². The third-order valence-corrected chi connectivity index (χ3v) is 18.8. The standard InChI is InChI=1S/C66H87N11O15S2/c1-38(79)51(35-78)73-63(89)53-37-94-93-36-52(74-60(86)48(30-40-16-8-6-9-17-40)70-57(83)43-25-23-42(24-26-43)34-77-54(81)27-28-55(77)82)62(88)71-49(31-41-18-10-7-11-19-41)59(85)72-50(32-44-33-68-46-21-13-12-20-45(44)46)61(87)69-47(58(84)76-56(39(2)80)64(90)75-53)22-14-15-29-67-65(91)92-66(3,4)5/h6-13,16-21,27-28,33,38-39,42-43,47-53,56,68,78-80H,14-15,22-26,29-32,34-37H2,1-5H3,(H,67,91)(H,69,87)(H,70,83)(H,71,88)(H,72,85)(H,73,89)(H,74,86)(H,75,90)(H,76,84)/t38-,39-,42?,43?,47+,48-,49+,50-,51-,52+,53+,56+/m1/s1. The number of nitrogens with zero attached hydrogens (tertiary/aromatic N) is 1. The third-order valence-electron chi connectivity index (χ3n) is 16.3. The van der Waals surface area contributed by atoms with Gasteiger partial charge in [-0.05, 0) is 108 Å². The summed E-state index contributed by atoms with van der Waals surface area (Å²) in [5, 5.41) is 56.9. The van der Waals surface area contributed by atoms with Gasteiger partial charge in [-0.15, -0.1) is 0 Å². The highest BCUT2D eigenvalue weighted by molar-refractivity contribution is 8.76. The SMILES string of the molecule is C[C@@H](O)[C@@H]1NC(=O)[C@H](CCCCNC(=O)OC(C)(C)C)NC(=O)[C@@H](Cc2c[nH]c3ccccc23)NC(=O)[C@H](Cc2ccccc2)NC(=O)[C@@H](NC(=O)[C@@H](Cc2ccccc2)NC(=O)C2CCC(CN3C(=O)C=CC3=O)CC2)CSSC[C@@H](C(=O)N[C@H](CO)[C@@H](C)O)NC1=O. The van der Waals surface area contributed by atoms with Crippen LogP contribution in [0.2, 0.25) is 0 Å². The maximum atomic E-state index is 15.2. The lowest BCUT2D eigenvalue weighted by molar-refractivity contribution is -0.138. The van der Waals surface area contributed by atoms with Gasteiger partial charge in [-0.1, -0.05) is 100 Å². The fourth-order valence-electron chi connectivity index (χ4n) is 11.1. The highest BCUT2D eigenvalue weighted by atomic mass is 33.1. The Hall–Kier alpha value is -8.31. The Morgan fingerprint density at radius 3 is 1.90 bits per heavy atom. The Morgan fingerprint density at radius 2 is 1.27 bits per heavy atom. The van der Waals surface area contributed by atoms with Crippen molar-refractivity contribution < 1.29 is 72.8 Å². The maximum absolute atomic E-state index is 15.2. The lowest BCUT2D eigenvalue weighted by atomic mass is 9.81. The summed E-state index contributed by atoms with van der Waals surface area (Å²) in [4.78, 5) is 159. The van der Waals surface area contributed by atoms with Gasteiger partial charge in [0.2, 0.25) is 47.3 Å². The van der Waals surface area contributed by atoms with Crippen LogP contribution >= 0.6 is 21.6 Å². The second-order valence-electron chi connectivity index (χ2n) is 24.9. The van der Waals surface area contributed by atoms with Crippen molar-refractivity contribution in [3.8, 4) is 0 Å². The van der Waals surface area contributed by atoms with Crippen molar-refractivity contribution in [1.82, 2.24) is 57.7 Å². The Bertz CT molecular complexity index is 3300. The van der Waals surface area contributed by atoms with Crippen LogP contribution in [0.15, 0.2) is 103 Å². The van der Waals surface area contributed by atoms with Gasteiger partial charge in [0.25, 0.3) is 11.8 Å². The van der Waals surface area contributed by atoms with Crippen LogP contribution in [0.25, 0.3) is 10.9 Å². The Balaban J connectivity index is 1.23. The van der Waals surface area contributed by atoms with E-state index in [0.29, 0.717) is 53.3 Å². The smallest absolute Gasteiger partial charge is 0.407 e. The molecule has 3 heterocycles. The van der Waals surface area contributed by atoms with E-state index in [9.17, 15) is 53.7 Å². The van der Waals surface area contributed by atoms with Crippen molar-refractivity contribution >= 4 is 97.7 Å². The summed E-state index contributed by atoms with van der Waals surface area (Å²) in [6.45, 7) is 7.27. The first-order valence-electron chi connectivity index (χ1n) is 31.6. The number of H-pyrrole nitrogens is 1. The van der Waals surface area contributed by atoms with E-state index in [1.807, 2.05) is 18.2 Å². The van der Waals surface area contributed by atoms with Gasteiger partial charge in [-0.3, -0.25) is 52.8 Å². The van der Waals surface area contributed by atoms with E-state index in [1.165, 1.54) is 30.9 Å². The number of aromatic amines is 1. The predicted octanol–water partition coefficient (Wildman–Crippen LogP) is 1.65. The summed E-state index contributed by atoms with van der Waals surface area (Å²) < 4.78 is 5.35. The van der Waals surface area contributed by atoms with Crippen molar-refractivity contribution in [3.05, 3.63) is 120 Å². The molecule has 1 saturated heterocycles. The molecule has 1 aliphatic carbocycles. The first-order valence-corrected chi connectivity index (χ1v) is 34.1. The zero-order valence-corrected chi connectivity index (χ0v) is 55.0. The number of para-hydroxylation sites is 1. The average molecular weight is 1340 g/mol. The highest BCUT2D eigenvalue weighted by Gasteiger charge is 2.38. The van der Waals surface area contributed by atoms with E-state index in [-0.39, 0.29) is 69.0 Å². The number of aliphatic hydroxyl groups is 3. The predicted molar refractivity (Wildman–Crippen MR) is 352 cm³/mol. The summed E-state index contributed by atoms with van der Waals surface area (Å²) >= 11 is 0. The van der Waals surface area contributed by atoms with Crippen LogP contribution in [0, 0.1) is 11.8 Å². The number of fused-ring (bicyclic) bond motifs is 1. The minimum absolute atomic E-state index is 0.0209. The first kappa shape index (κ1) is 73.1. The van der Waals surface area contributed by atoms with Crippen LogP contribution in [0.4, 0.5) is 4.79 Å². The lowest BCUT2D eigenvalue weighted by Gasteiger charge is -2.31. The normalized spacial score (nSPS) is 23.4. The molecule has 3 aliphatic rings. The molecular formula is C66H87N11O15S2. The van der Waals surface area contributed by atoms with Crippen LogP contribution in [0.3, 0.4) is 0 Å². The molecule has 508 valence electrons. The van der Waals surface area contributed by atoms with Crippen molar-refractivity contribution in [2.75, 3.05) is 31.2 Å². The van der Waals surface area contributed by atoms with E-state index in [0.717, 1.165) is 21.6 Å². The summed E-state index contributed by atoms with van der Waals surface area (Å²) in [5.74, 6) is -8.64. The third kappa shape index (κ3) is 22.2. The van der Waals surface area contributed by atoms with Crippen LogP contribution in [0.5, 0.6) is 0 Å². The number of ether oxygens (including phenoxy) is 1. The molecule has 7 rings (SSSR count). The number of aromatic nitrogens is 1. The quantitative estimate of drug-likeness (QED) is 0.0302. The fourth-order valence-corrected chi connectivity index (χ4v) is 13.4. The number of unbranched alkanes of at least 4 members (excludes halogenated alkanes) is 1. The highest BCUT2D eigenvalue weighted by Crippen LogP contribution is 2.31. The van der Waals surface area contributed by atoms with Crippen molar-refractivity contribution in [3.63, 3.8) is 0 Å². The number of hydrogen-bond donors (Lipinski definition) is 13. The topological polar surface area (TPSA) is 385 Å². The molecule has 0 bridgehead atoms. The monoisotopic (exact) mass is 1340 g/mol. The van der Waals surface area contributed by atoms with E-state index in [4.69, 9.17) is 4.74 Å². The second kappa shape index (κ2) is 35.3. The van der Waals surface area contributed by atoms with E-state index in [1.54, 1.807) is 93.7 Å². The van der Waals surface area contributed by atoms with Gasteiger partial charge in [0.05, 0.1) is 24.9 Å². The van der Waals surface area contributed by atoms with Gasteiger partial charge in [-0.2, -0.15) is 0 Å². The number of rotatable bonds is 22. The zero-order chi connectivity index (χ0) is 68.1. The Kier molecular flexibility index (Phi) is 27.4. The van der Waals surface area contributed by atoms with Crippen molar-refractivity contribution in [2.24, 2.45) is 11.8 Å². The minimum atomic E-state index is -1.77. The molecule has 3 aromatic carbocycles. The van der Waals surface area contributed by atoms with Crippen LogP contribution < -0.4 is 47.9 Å². The molecule has 11 amide bonds.